The summed E-state index contributed by atoms with van der Waals surface area (Å²) in [5.74, 6) is -2.04. The van der Waals surface area contributed by atoms with E-state index in [9.17, 15) is 24.8 Å². The van der Waals surface area contributed by atoms with Gasteiger partial charge in [-0.25, -0.2) is 9.59 Å². The molecule has 0 unspecified atom stereocenters. The fraction of sp³-hybridized carbons (Fsp3) is 0.217. The third-order valence-corrected chi connectivity index (χ3v) is 4.54. The smallest absolute Gasteiger partial charge is 0.328 e. The van der Waals surface area contributed by atoms with Crippen molar-refractivity contribution < 1.29 is 34.6 Å². The zero-order valence-electron chi connectivity index (χ0n) is 18.0. The van der Waals surface area contributed by atoms with Gasteiger partial charge in [0.15, 0.2) is 11.4 Å². The summed E-state index contributed by atoms with van der Waals surface area (Å²) in [6, 6.07) is 14.4. The monoisotopic (exact) mass is 456 g/mol. The highest BCUT2D eigenvalue weighted by Gasteiger charge is 2.36. The van der Waals surface area contributed by atoms with E-state index in [0.29, 0.717) is 35.7 Å². The van der Waals surface area contributed by atoms with E-state index < -0.39 is 22.5 Å². The molecule has 2 aromatic rings. The van der Waals surface area contributed by atoms with E-state index in [1.54, 1.807) is 19.9 Å². The largest absolute Gasteiger partial charge is 0.506 e. The van der Waals surface area contributed by atoms with Crippen molar-refractivity contribution in [3.05, 3.63) is 87.7 Å². The minimum absolute atomic E-state index is 0.0421. The van der Waals surface area contributed by atoms with Gasteiger partial charge in [0.25, 0.3) is 5.69 Å². The lowest BCUT2D eigenvalue weighted by molar-refractivity contribution is -0.385. The number of carboxylic acid groups (broad SMARTS) is 2. The topological polar surface area (TPSA) is 159 Å². The van der Waals surface area contributed by atoms with Crippen LogP contribution >= 0.6 is 0 Å². The molecule has 0 fully saturated rings. The Morgan fingerprint density at radius 1 is 1.09 bits per heavy atom. The first kappa shape index (κ1) is 24.9. The summed E-state index contributed by atoms with van der Waals surface area (Å²) in [5.41, 5.74) is 1.36. The van der Waals surface area contributed by atoms with Crippen molar-refractivity contribution in [2.45, 2.75) is 25.9 Å². The summed E-state index contributed by atoms with van der Waals surface area (Å²) in [5, 5.41) is 40.5. The normalized spacial score (nSPS) is 13.9. The molecule has 1 aliphatic rings. The van der Waals surface area contributed by atoms with Crippen molar-refractivity contribution in [3.8, 4) is 5.75 Å². The predicted octanol–water partition coefficient (Wildman–Crippen LogP) is 3.54. The summed E-state index contributed by atoms with van der Waals surface area (Å²) in [6.45, 7) is 4.07. The molecule has 33 heavy (non-hydrogen) atoms. The van der Waals surface area contributed by atoms with Gasteiger partial charge in [-0.05, 0) is 31.9 Å². The standard InChI is InChI=1S/C19H20N2O4.C4H4O4/c1-19(2)18(22)17(20-11-10-13-6-4-3-5-7-13)15-9-8-14(21(23)24)12-16(15)25-19;5-3(6)1-2-4(7)8/h3-9,12,20,22H,10-11H2,1-2H3;1-2H,(H,5,6)(H,7,8). The van der Waals surface area contributed by atoms with Crippen molar-refractivity contribution in [2.24, 2.45) is 0 Å². The molecule has 0 radical (unpaired) electrons. The lowest BCUT2D eigenvalue weighted by atomic mass is 9.96. The number of nitrogens with zero attached hydrogens (tertiary/aromatic N) is 1. The number of nitrogens with one attached hydrogen (secondary N) is 1. The van der Waals surface area contributed by atoms with Gasteiger partial charge in [0, 0.05) is 30.3 Å². The SMILES string of the molecule is CC1(C)Oc2cc([N+](=O)[O-])ccc2C(NCCc2ccccc2)=C1O.O=C(O)C=CC(=O)O. The van der Waals surface area contributed by atoms with Crippen LogP contribution in [0.25, 0.3) is 5.70 Å². The molecule has 0 bridgehead atoms. The lowest BCUT2D eigenvalue weighted by Gasteiger charge is -2.33. The van der Waals surface area contributed by atoms with Crippen LogP contribution in [-0.2, 0) is 16.0 Å². The number of hydrogen-bond acceptors (Lipinski definition) is 7. The Labute approximate surface area is 189 Å². The molecule has 174 valence electrons. The zero-order valence-corrected chi connectivity index (χ0v) is 18.0. The van der Waals surface area contributed by atoms with Crippen molar-refractivity contribution in [2.75, 3.05) is 6.54 Å². The number of non-ortho nitro benzene ring substituents is 1. The Balaban J connectivity index is 0.000000414. The summed E-state index contributed by atoms with van der Waals surface area (Å²) in [6.07, 6.45) is 1.91. The van der Waals surface area contributed by atoms with E-state index in [2.05, 4.69) is 5.32 Å². The minimum atomic E-state index is -1.26. The van der Waals surface area contributed by atoms with E-state index in [-0.39, 0.29) is 11.4 Å². The fourth-order valence-corrected chi connectivity index (χ4v) is 2.97. The Morgan fingerprint density at radius 3 is 2.24 bits per heavy atom. The van der Waals surface area contributed by atoms with Crippen molar-refractivity contribution >= 4 is 23.3 Å². The number of fused-ring (bicyclic) bond motifs is 1. The van der Waals surface area contributed by atoms with Crippen LogP contribution in [0, 0.1) is 10.1 Å². The van der Waals surface area contributed by atoms with Crippen LogP contribution in [0.15, 0.2) is 66.4 Å². The van der Waals surface area contributed by atoms with Crippen LogP contribution < -0.4 is 10.1 Å². The van der Waals surface area contributed by atoms with Gasteiger partial charge < -0.3 is 25.4 Å². The molecule has 0 amide bonds. The van der Waals surface area contributed by atoms with Gasteiger partial charge in [0.05, 0.1) is 16.7 Å². The highest BCUT2D eigenvalue weighted by Crippen LogP contribution is 2.40. The Morgan fingerprint density at radius 2 is 1.70 bits per heavy atom. The molecule has 1 aliphatic heterocycles. The second-order valence-electron chi connectivity index (χ2n) is 7.45. The number of benzene rings is 2. The second kappa shape index (κ2) is 10.8. The third-order valence-electron chi connectivity index (χ3n) is 4.54. The summed E-state index contributed by atoms with van der Waals surface area (Å²) in [4.78, 5) is 29.6. The van der Waals surface area contributed by atoms with Gasteiger partial charge in [0.2, 0.25) is 0 Å². The Bertz CT molecular complexity index is 1070. The minimum Gasteiger partial charge on any atom is -0.506 e. The van der Waals surface area contributed by atoms with Gasteiger partial charge in [-0.2, -0.15) is 0 Å². The quantitative estimate of drug-likeness (QED) is 0.278. The average Bonchev–Trinajstić information content (AvgIpc) is 2.75. The number of aliphatic hydroxyl groups excluding tert-OH is 1. The number of nitro benzene ring substituents is 1. The predicted molar refractivity (Wildman–Crippen MR) is 120 cm³/mol. The number of aliphatic hydroxyl groups is 1. The molecule has 0 spiro atoms. The molecule has 0 saturated heterocycles. The molecule has 3 rings (SSSR count). The van der Waals surface area contributed by atoms with Crippen LogP contribution in [0.4, 0.5) is 5.69 Å². The Hall–Kier alpha value is -4.34. The maximum atomic E-state index is 11.0. The van der Waals surface area contributed by atoms with Crippen LogP contribution in [-0.4, -0.2) is 44.3 Å². The van der Waals surface area contributed by atoms with Gasteiger partial charge in [-0.3, -0.25) is 10.1 Å². The van der Waals surface area contributed by atoms with Crippen molar-refractivity contribution in [3.63, 3.8) is 0 Å². The zero-order chi connectivity index (χ0) is 24.6. The van der Waals surface area contributed by atoms with E-state index in [0.717, 1.165) is 6.42 Å². The Kier molecular flexibility index (Phi) is 8.16. The number of carbonyl (C=O) groups is 2. The van der Waals surface area contributed by atoms with E-state index in [1.807, 2.05) is 30.3 Å². The molecule has 10 heteroatoms. The van der Waals surface area contributed by atoms with Gasteiger partial charge >= 0.3 is 11.9 Å². The average molecular weight is 456 g/mol. The van der Waals surface area contributed by atoms with E-state index in [4.69, 9.17) is 14.9 Å². The van der Waals surface area contributed by atoms with Crippen LogP contribution in [0.2, 0.25) is 0 Å². The van der Waals surface area contributed by atoms with Gasteiger partial charge in [0.1, 0.15) is 5.75 Å². The van der Waals surface area contributed by atoms with Crippen LogP contribution in [0.1, 0.15) is 25.0 Å². The molecule has 2 aromatic carbocycles. The summed E-state index contributed by atoms with van der Waals surface area (Å²) in [7, 11) is 0. The van der Waals surface area contributed by atoms with Crippen LogP contribution in [0.5, 0.6) is 5.75 Å². The first-order chi connectivity index (χ1) is 15.5. The highest BCUT2D eigenvalue weighted by atomic mass is 16.6. The molecular formula is C23H24N2O8. The molecule has 10 nitrogen and oxygen atoms in total. The van der Waals surface area contributed by atoms with Crippen molar-refractivity contribution in [1.29, 1.82) is 0 Å². The van der Waals surface area contributed by atoms with Gasteiger partial charge in [-0.15, -0.1) is 0 Å². The molecular weight excluding hydrogens is 432 g/mol. The van der Waals surface area contributed by atoms with E-state index in [1.165, 1.54) is 17.7 Å². The van der Waals surface area contributed by atoms with E-state index >= 15 is 0 Å². The number of aliphatic carboxylic acids is 2. The first-order valence-electron chi connectivity index (χ1n) is 9.84. The first-order valence-corrected chi connectivity index (χ1v) is 9.84. The highest BCUT2D eigenvalue weighted by molar-refractivity contribution is 5.89. The fourth-order valence-electron chi connectivity index (χ4n) is 2.97. The molecule has 4 N–H and O–H groups in total. The van der Waals surface area contributed by atoms with Gasteiger partial charge in [-0.1, -0.05) is 30.3 Å². The number of nitro groups is 1. The molecule has 0 aromatic heterocycles. The summed E-state index contributed by atoms with van der Waals surface area (Å²) >= 11 is 0. The number of hydrogen-bond donors (Lipinski definition) is 4. The summed E-state index contributed by atoms with van der Waals surface area (Å²) < 4.78 is 5.76. The second-order valence-corrected chi connectivity index (χ2v) is 7.45. The molecule has 0 saturated carbocycles. The lowest BCUT2D eigenvalue weighted by Crippen LogP contribution is -2.37. The molecule has 0 atom stereocenters. The third kappa shape index (κ3) is 7.10. The number of carboxylic acids is 2. The number of ether oxygens (including phenoxy) is 1. The van der Waals surface area contributed by atoms with Crippen molar-refractivity contribution in [1.82, 2.24) is 5.32 Å². The number of rotatable bonds is 7. The molecule has 1 heterocycles. The maximum absolute atomic E-state index is 11.0. The molecule has 0 aliphatic carbocycles. The maximum Gasteiger partial charge on any atom is 0.328 e. The van der Waals surface area contributed by atoms with Crippen LogP contribution in [0.3, 0.4) is 0 Å².